The molecular formula is C14H13FO3S. The van der Waals surface area contributed by atoms with Gasteiger partial charge in [0.15, 0.2) is 0 Å². The van der Waals surface area contributed by atoms with Crippen LogP contribution in [0.5, 0.6) is 0 Å². The van der Waals surface area contributed by atoms with E-state index in [0.717, 1.165) is 0 Å². The van der Waals surface area contributed by atoms with Gasteiger partial charge in [-0.3, -0.25) is 0 Å². The smallest absolute Gasteiger partial charge is 0.341 e. The summed E-state index contributed by atoms with van der Waals surface area (Å²) in [7, 11) is 1.32. The van der Waals surface area contributed by atoms with Gasteiger partial charge in [-0.1, -0.05) is 12.1 Å². The summed E-state index contributed by atoms with van der Waals surface area (Å²) in [6.45, 7) is 1.70. The summed E-state index contributed by atoms with van der Waals surface area (Å²) in [5.74, 6) is 0.896. The maximum Gasteiger partial charge on any atom is 0.341 e. The van der Waals surface area contributed by atoms with E-state index in [-0.39, 0.29) is 5.82 Å². The first kappa shape index (κ1) is 13.7. The fourth-order valence-electron chi connectivity index (χ4n) is 1.64. The Morgan fingerprint density at radius 2 is 2.16 bits per heavy atom. The van der Waals surface area contributed by atoms with E-state index in [9.17, 15) is 9.18 Å². The lowest BCUT2D eigenvalue weighted by atomic mass is 10.2. The molecule has 0 aliphatic heterocycles. The normalized spacial score (nSPS) is 10.5. The molecule has 0 atom stereocenters. The molecule has 0 amide bonds. The summed E-state index contributed by atoms with van der Waals surface area (Å²) >= 11 is 1.32. The summed E-state index contributed by atoms with van der Waals surface area (Å²) in [5, 5.41) is 0. The van der Waals surface area contributed by atoms with Crippen LogP contribution in [0.25, 0.3) is 0 Å². The minimum Gasteiger partial charge on any atom is -0.465 e. The molecule has 1 aromatic heterocycles. The topological polar surface area (TPSA) is 39.4 Å². The van der Waals surface area contributed by atoms with Crippen molar-refractivity contribution in [3.05, 3.63) is 53.2 Å². The Labute approximate surface area is 114 Å². The molecule has 2 rings (SSSR count). The van der Waals surface area contributed by atoms with Gasteiger partial charge in [0.1, 0.15) is 22.9 Å². The lowest BCUT2D eigenvalue weighted by molar-refractivity contribution is 0.0599. The largest absolute Gasteiger partial charge is 0.465 e. The van der Waals surface area contributed by atoms with Gasteiger partial charge < -0.3 is 9.15 Å². The van der Waals surface area contributed by atoms with Crippen LogP contribution in [-0.4, -0.2) is 13.1 Å². The molecule has 3 nitrogen and oxygen atoms in total. The second-order valence-electron chi connectivity index (χ2n) is 3.89. The number of halogens is 1. The van der Waals surface area contributed by atoms with Gasteiger partial charge in [0.25, 0.3) is 0 Å². The molecule has 1 aromatic carbocycles. The summed E-state index contributed by atoms with van der Waals surface area (Å²) in [5.41, 5.74) is 0.409. The molecule has 0 aliphatic rings. The molecule has 0 fully saturated rings. The maximum atomic E-state index is 13.4. The lowest BCUT2D eigenvalue weighted by Crippen LogP contribution is -2.00. The minimum absolute atomic E-state index is 0.260. The Kier molecular flexibility index (Phi) is 4.27. The monoisotopic (exact) mass is 280 g/mol. The van der Waals surface area contributed by atoms with Crippen molar-refractivity contribution in [3.8, 4) is 0 Å². The Morgan fingerprint density at radius 3 is 2.84 bits per heavy atom. The summed E-state index contributed by atoms with van der Waals surface area (Å²) in [6.07, 6.45) is 0. The first-order chi connectivity index (χ1) is 9.11. The number of aryl methyl sites for hydroxylation is 1. The van der Waals surface area contributed by atoms with E-state index >= 15 is 0 Å². The SMILES string of the molecule is COC(=O)c1cc(CSc2ccccc2F)oc1C. The lowest BCUT2D eigenvalue weighted by Gasteiger charge is -2.00. The van der Waals surface area contributed by atoms with E-state index in [4.69, 9.17) is 4.42 Å². The molecule has 0 bridgehead atoms. The minimum atomic E-state index is -0.427. The van der Waals surface area contributed by atoms with Gasteiger partial charge >= 0.3 is 5.97 Å². The number of benzene rings is 1. The van der Waals surface area contributed by atoms with Crippen molar-refractivity contribution >= 4 is 17.7 Å². The molecular weight excluding hydrogens is 267 g/mol. The first-order valence-electron chi connectivity index (χ1n) is 5.66. The summed E-state index contributed by atoms with van der Waals surface area (Å²) in [6, 6.07) is 8.17. The quantitative estimate of drug-likeness (QED) is 0.630. The van der Waals surface area contributed by atoms with E-state index in [0.29, 0.717) is 27.7 Å². The van der Waals surface area contributed by atoms with Gasteiger partial charge in [0.2, 0.25) is 0 Å². The molecule has 0 saturated carbocycles. The average Bonchev–Trinajstić information content (AvgIpc) is 2.78. The number of hydrogen-bond acceptors (Lipinski definition) is 4. The number of furan rings is 1. The van der Waals surface area contributed by atoms with Crippen LogP contribution < -0.4 is 0 Å². The van der Waals surface area contributed by atoms with Crippen molar-refractivity contribution in [2.75, 3.05) is 7.11 Å². The molecule has 100 valence electrons. The van der Waals surface area contributed by atoms with Crippen molar-refractivity contribution in [2.24, 2.45) is 0 Å². The zero-order chi connectivity index (χ0) is 13.8. The Balaban J connectivity index is 2.09. The fraction of sp³-hybridized carbons (Fsp3) is 0.214. The highest BCUT2D eigenvalue weighted by Gasteiger charge is 2.15. The van der Waals surface area contributed by atoms with Gasteiger partial charge in [0, 0.05) is 4.90 Å². The van der Waals surface area contributed by atoms with E-state index in [1.807, 2.05) is 0 Å². The molecule has 1 heterocycles. The van der Waals surface area contributed by atoms with Crippen molar-refractivity contribution in [1.29, 1.82) is 0 Å². The number of esters is 1. The third-order valence-electron chi connectivity index (χ3n) is 2.58. The van der Waals surface area contributed by atoms with Crippen LogP contribution in [0.2, 0.25) is 0 Å². The number of ether oxygens (including phenoxy) is 1. The molecule has 0 N–H and O–H groups in total. The maximum absolute atomic E-state index is 13.4. The summed E-state index contributed by atoms with van der Waals surface area (Å²) in [4.78, 5) is 12.0. The molecule has 2 aromatic rings. The van der Waals surface area contributed by atoms with E-state index in [1.54, 1.807) is 31.2 Å². The predicted octanol–water partition coefficient (Wildman–Crippen LogP) is 3.81. The average molecular weight is 280 g/mol. The highest BCUT2D eigenvalue weighted by molar-refractivity contribution is 7.98. The van der Waals surface area contributed by atoms with Crippen LogP contribution >= 0.6 is 11.8 Å². The predicted molar refractivity (Wildman–Crippen MR) is 70.7 cm³/mol. The molecule has 0 saturated heterocycles. The molecule has 19 heavy (non-hydrogen) atoms. The number of methoxy groups -OCH3 is 1. The van der Waals surface area contributed by atoms with Crippen LogP contribution in [0.4, 0.5) is 4.39 Å². The standard InChI is InChI=1S/C14H13FO3S/c1-9-11(14(16)17-2)7-10(18-9)8-19-13-6-4-3-5-12(13)15/h3-7H,8H2,1-2H3. The molecule has 0 aliphatic carbocycles. The van der Waals surface area contributed by atoms with Crippen molar-refractivity contribution < 1.29 is 18.3 Å². The Hall–Kier alpha value is -1.75. The van der Waals surface area contributed by atoms with Crippen LogP contribution in [0.3, 0.4) is 0 Å². The zero-order valence-corrected chi connectivity index (χ0v) is 11.4. The van der Waals surface area contributed by atoms with Gasteiger partial charge in [-0.15, -0.1) is 11.8 Å². The van der Waals surface area contributed by atoms with Crippen LogP contribution in [0.1, 0.15) is 21.9 Å². The number of carbonyl (C=O) groups is 1. The number of hydrogen-bond donors (Lipinski definition) is 0. The van der Waals surface area contributed by atoms with Gasteiger partial charge in [0.05, 0.1) is 12.9 Å². The highest BCUT2D eigenvalue weighted by atomic mass is 32.2. The number of thioether (sulfide) groups is 1. The highest BCUT2D eigenvalue weighted by Crippen LogP contribution is 2.27. The third-order valence-corrected chi connectivity index (χ3v) is 3.65. The van der Waals surface area contributed by atoms with Crippen LogP contribution in [0, 0.1) is 12.7 Å². The molecule has 0 spiro atoms. The second-order valence-corrected chi connectivity index (χ2v) is 4.91. The zero-order valence-electron chi connectivity index (χ0n) is 10.6. The molecule has 0 unspecified atom stereocenters. The Bertz CT molecular complexity index is 592. The van der Waals surface area contributed by atoms with Gasteiger partial charge in [-0.2, -0.15) is 0 Å². The fourth-order valence-corrected chi connectivity index (χ4v) is 2.46. The van der Waals surface area contributed by atoms with E-state index < -0.39 is 5.97 Å². The van der Waals surface area contributed by atoms with Crippen molar-refractivity contribution in [3.63, 3.8) is 0 Å². The Morgan fingerprint density at radius 1 is 1.42 bits per heavy atom. The number of carbonyl (C=O) groups excluding carboxylic acids is 1. The molecule has 5 heteroatoms. The number of rotatable bonds is 4. The van der Waals surface area contributed by atoms with E-state index in [2.05, 4.69) is 4.74 Å². The van der Waals surface area contributed by atoms with Gasteiger partial charge in [-0.05, 0) is 25.1 Å². The third kappa shape index (κ3) is 3.17. The molecule has 0 radical (unpaired) electrons. The second kappa shape index (κ2) is 5.93. The van der Waals surface area contributed by atoms with Crippen molar-refractivity contribution in [1.82, 2.24) is 0 Å². The van der Waals surface area contributed by atoms with E-state index in [1.165, 1.54) is 24.9 Å². The first-order valence-corrected chi connectivity index (χ1v) is 6.65. The summed E-state index contributed by atoms with van der Waals surface area (Å²) < 4.78 is 23.5. The van der Waals surface area contributed by atoms with Crippen LogP contribution in [-0.2, 0) is 10.5 Å². The van der Waals surface area contributed by atoms with Crippen molar-refractivity contribution in [2.45, 2.75) is 17.6 Å². The van der Waals surface area contributed by atoms with Crippen LogP contribution in [0.15, 0.2) is 39.6 Å². The van der Waals surface area contributed by atoms with Gasteiger partial charge in [-0.25, -0.2) is 9.18 Å².